The Morgan fingerprint density at radius 1 is 1.47 bits per heavy atom. The molecule has 0 fully saturated rings. The Hall–Kier alpha value is -0.200. The van der Waals surface area contributed by atoms with Crippen LogP contribution in [0.1, 0.15) is 38.3 Å². The van der Waals surface area contributed by atoms with Gasteiger partial charge in [0.25, 0.3) is 0 Å². The first-order chi connectivity index (χ1) is 9.06. The molecule has 0 aliphatic rings. The van der Waals surface area contributed by atoms with Gasteiger partial charge in [0.1, 0.15) is 5.82 Å². The topological polar surface area (TPSA) is 47.3 Å². The Morgan fingerprint density at radius 2 is 2.16 bits per heavy atom. The summed E-state index contributed by atoms with van der Waals surface area (Å²) in [5, 5.41) is 0.0597. The maximum Gasteiger partial charge on any atom is 0.147 e. The lowest BCUT2D eigenvalue weighted by molar-refractivity contribution is 0.0267. The predicted molar refractivity (Wildman–Crippen MR) is 79.5 cm³/mol. The van der Waals surface area contributed by atoms with Gasteiger partial charge in [-0.05, 0) is 35.3 Å². The van der Waals surface area contributed by atoms with Crippen LogP contribution in [0.3, 0.4) is 0 Å². The first-order valence-electron chi connectivity index (χ1n) is 6.27. The van der Waals surface area contributed by atoms with E-state index < -0.39 is 11.9 Å². The van der Waals surface area contributed by atoms with Gasteiger partial charge in [-0.25, -0.2) is 4.39 Å². The molecule has 1 aromatic rings. The van der Waals surface area contributed by atoms with E-state index in [0.29, 0.717) is 16.6 Å². The molecule has 108 valence electrons. The van der Waals surface area contributed by atoms with Gasteiger partial charge in [-0.1, -0.05) is 31.0 Å². The second-order valence-corrected chi connectivity index (χ2v) is 5.42. The number of halogens is 3. The largest absolute Gasteiger partial charge is 0.376 e. The second kappa shape index (κ2) is 8.17. The molecule has 0 saturated carbocycles. The molecule has 0 aromatic heterocycles. The van der Waals surface area contributed by atoms with Crippen LogP contribution in [0.4, 0.5) is 4.39 Å². The summed E-state index contributed by atoms with van der Waals surface area (Å²) in [6.45, 7) is 4.50. The van der Waals surface area contributed by atoms with Crippen molar-refractivity contribution in [1.29, 1.82) is 0 Å². The summed E-state index contributed by atoms with van der Waals surface area (Å²) in [4.78, 5) is 0. The minimum absolute atomic E-state index is 0.0597. The molecule has 3 nitrogen and oxygen atoms in total. The molecule has 19 heavy (non-hydrogen) atoms. The van der Waals surface area contributed by atoms with Crippen LogP contribution in [-0.2, 0) is 4.74 Å². The number of hydrazine groups is 1. The fourth-order valence-corrected chi connectivity index (χ4v) is 2.50. The third-order valence-corrected chi connectivity index (χ3v) is 4.16. The Balaban J connectivity index is 3.10. The van der Waals surface area contributed by atoms with Crippen LogP contribution in [0.2, 0.25) is 5.02 Å². The summed E-state index contributed by atoms with van der Waals surface area (Å²) in [5.41, 5.74) is 3.06. The molecule has 2 atom stereocenters. The summed E-state index contributed by atoms with van der Waals surface area (Å²) in [6.07, 6.45) is 1.52. The van der Waals surface area contributed by atoms with Crippen LogP contribution in [0.25, 0.3) is 0 Å². The van der Waals surface area contributed by atoms with Crippen LogP contribution in [0.5, 0.6) is 0 Å². The van der Waals surface area contributed by atoms with Crippen molar-refractivity contribution in [2.45, 2.75) is 38.8 Å². The van der Waals surface area contributed by atoms with Crippen molar-refractivity contribution in [2.75, 3.05) is 6.61 Å². The van der Waals surface area contributed by atoms with Gasteiger partial charge in [-0.15, -0.1) is 0 Å². The van der Waals surface area contributed by atoms with Crippen LogP contribution >= 0.6 is 27.5 Å². The van der Waals surface area contributed by atoms with Crippen LogP contribution in [0, 0.1) is 5.82 Å². The molecular formula is C13H19BrClFN2O. The molecule has 0 bridgehead atoms. The fourth-order valence-electron chi connectivity index (χ4n) is 2.02. The molecule has 0 aliphatic carbocycles. The van der Waals surface area contributed by atoms with Gasteiger partial charge in [0, 0.05) is 16.6 Å². The number of rotatable bonds is 7. The fraction of sp³-hybridized carbons (Fsp3) is 0.538. The zero-order valence-corrected chi connectivity index (χ0v) is 13.4. The van der Waals surface area contributed by atoms with Gasteiger partial charge >= 0.3 is 0 Å². The highest BCUT2D eigenvalue weighted by atomic mass is 79.9. The van der Waals surface area contributed by atoms with Crippen molar-refractivity contribution in [2.24, 2.45) is 5.84 Å². The lowest BCUT2D eigenvalue weighted by Crippen LogP contribution is -2.38. The standard InChI is InChI=1S/C13H19BrClFN2O/c1-3-5-10(19-4-2)13(18-17)8-6-7-9(14)11(15)12(8)16/h6-7,10,13,18H,3-5,17H2,1-2H3. The van der Waals surface area contributed by atoms with Crippen molar-refractivity contribution in [1.82, 2.24) is 5.43 Å². The molecule has 6 heteroatoms. The highest BCUT2D eigenvalue weighted by Crippen LogP contribution is 2.32. The van der Waals surface area contributed by atoms with Crippen molar-refractivity contribution in [3.8, 4) is 0 Å². The molecule has 0 spiro atoms. The third-order valence-electron chi connectivity index (χ3n) is 2.91. The van der Waals surface area contributed by atoms with Crippen LogP contribution in [0.15, 0.2) is 16.6 Å². The number of nitrogens with two attached hydrogens (primary N) is 1. The second-order valence-electron chi connectivity index (χ2n) is 4.19. The smallest absolute Gasteiger partial charge is 0.147 e. The number of ether oxygens (including phenoxy) is 1. The maximum atomic E-state index is 14.2. The Bertz CT molecular complexity index is 414. The first kappa shape index (κ1) is 16.9. The van der Waals surface area contributed by atoms with E-state index in [1.54, 1.807) is 12.1 Å². The number of hydrogen-bond donors (Lipinski definition) is 2. The van der Waals surface area contributed by atoms with Gasteiger partial charge in [0.05, 0.1) is 17.2 Å². The monoisotopic (exact) mass is 352 g/mol. The zero-order valence-electron chi connectivity index (χ0n) is 11.1. The number of benzene rings is 1. The molecule has 0 amide bonds. The molecule has 3 N–H and O–H groups in total. The van der Waals surface area contributed by atoms with Gasteiger partial charge in [-0.3, -0.25) is 11.3 Å². The lowest BCUT2D eigenvalue weighted by atomic mass is 9.98. The zero-order chi connectivity index (χ0) is 14.4. The highest BCUT2D eigenvalue weighted by Gasteiger charge is 2.26. The molecule has 2 unspecified atom stereocenters. The number of nitrogens with one attached hydrogen (secondary N) is 1. The van der Waals surface area contributed by atoms with Crippen molar-refractivity contribution < 1.29 is 9.13 Å². The molecule has 0 radical (unpaired) electrons. The van der Waals surface area contributed by atoms with Gasteiger partial charge in [-0.2, -0.15) is 0 Å². The van der Waals surface area contributed by atoms with E-state index in [1.165, 1.54) is 0 Å². The quantitative estimate of drug-likeness (QED) is 0.443. The molecule has 0 aliphatic heterocycles. The van der Waals surface area contributed by atoms with E-state index in [2.05, 4.69) is 21.4 Å². The van der Waals surface area contributed by atoms with E-state index in [0.717, 1.165) is 12.8 Å². The molecule has 0 saturated heterocycles. The SMILES string of the molecule is CCCC(OCC)C(NN)c1ccc(Br)c(Cl)c1F. The van der Waals surface area contributed by atoms with Crippen molar-refractivity contribution in [3.63, 3.8) is 0 Å². The average molecular weight is 354 g/mol. The third kappa shape index (κ3) is 4.13. The van der Waals surface area contributed by atoms with Gasteiger partial charge < -0.3 is 4.74 Å². The Labute approximate surface area is 126 Å². The van der Waals surface area contributed by atoms with Crippen molar-refractivity contribution >= 4 is 27.5 Å². The summed E-state index contributed by atoms with van der Waals surface area (Å²) in [5.74, 6) is 5.10. The van der Waals surface area contributed by atoms with Gasteiger partial charge in [0.15, 0.2) is 0 Å². The van der Waals surface area contributed by atoms with E-state index in [1.807, 2.05) is 13.8 Å². The Morgan fingerprint density at radius 3 is 2.68 bits per heavy atom. The summed E-state index contributed by atoms with van der Waals surface area (Å²) >= 11 is 9.11. The van der Waals surface area contributed by atoms with Gasteiger partial charge in [0.2, 0.25) is 0 Å². The van der Waals surface area contributed by atoms with E-state index >= 15 is 0 Å². The average Bonchev–Trinajstić information content (AvgIpc) is 2.40. The van der Waals surface area contributed by atoms with Crippen molar-refractivity contribution in [3.05, 3.63) is 33.0 Å². The molecule has 0 heterocycles. The molecular weight excluding hydrogens is 335 g/mol. The minimum Gasteiger partial charge on any atom is -0.376 e. The highest BCUT2D eigenvalue weighted by molar-refractivity contribution is 9.10. The minimum atomic E-state index is -0.472. The predicted octanol–water partition coefficient (Wildman–Crippen LogP) is 3.95. The maximum absolute atomic E-state index is 14.2. The van der Waals surface area contributed by atoms with E-state index in [-0.39, 0.29) is 11.1 Å². The summed E-state index contributed by atoms with van der Waals surface area (Å²) in [6, 6.07) is 2.95. The first-order valence-corrected chi connectivity index (χ1v) is 7.44. The normalized spacial score (nSPS) is 14.4. The molecule has 1 aromatic carbocycles. The number of hydrogen-bond acceptors (Lipinski definition) is 3. The molecule has 1 rings (SSSR count). The summed E-state index contributed by atoms with van der Waals surface area (Å²) in [7, 11) is 0. The van der Waals surface area contributed by atoms with E-state index in [9.17, 15) is 4.39 Å². The van der Waals surface area contributed by atoms with Crippen LogP contribution in [-0.4, -0.2) is 12.7 Å². The Kier molecular flexibility index (Phi) is 7.25. The lowest BCUT2D eigenvalue weighted by Gasteiger charge is -2.27. The van der Waals surface area contributed by atoms with E-state index in [4.69, 9.17) is 22.2 Å². The van der Waals surface area contributed by atoms with Crippen LogP contribution < -0.4 is 11.3 Å². The summed E-state index contributed by atoms with van der Waals surface area (Å²) < 4.78 is 20.4.